The summed E-state index contributed by atoms with van der Waals surface area (Å²) in [7, 11) is 0. The third kappa shape index (κ3) is 5.18. The van der Waals surface area contributed by atoms with Gasteiger partial charge in [-0.25, -0.2) is 0 Å². The van der Waals surface area contributed by atoms with Crippen molar-refractivity contribution >= 4 is 17.7 Å². The first-order chi connectivity index (χ1) is 9.34. The molecule has 0 radical (unpaired) electrons. The quantitative estimate of drug-likeness (QED) is 0.751. The van der Waals surface area contributed by atoms with E-state index in [0.29, 0.717) is 12.4 Å². The Morgan fingerprint density at radius 2 is 1.47 bits per heavy atom. The molecule has 0 spiro atoms. The molecule has 0 aromatic heterocycles. The second kappa shape index (κ2) is 7.64. The van der Waals surface area contributed by atoms with Crippen molar-refractivity contribution in [1.82, 2.24) is 0 Å². The number of rotatable bonds is 6. The zero-order valence-electron chi connectivity index (χ0n) is 10.6. The number of benzene rings is 2. The van der Waals surface area contributed by atoms with E-state index in [9.17, 15) is 4.79 Å². The summed E-state index contributed by atoms with van der Waals surface area (Å²) in [4.78, 5) is 11.6. The van der Waals surface area contributed by atoms with E-state index >= 15 is 0 Å². The highest BCUT2D eigenvalue weighted by Gasteiger charge is 2.03. The Hall–Kier alpha value is -1.74. The molecule has 3 heteroatoms. The maximum Gasteiger partial charge on any atom is 0.316 e. The summed E-state index contributed by atoms with van der Waals surface area (Å²) in [6.45, 7) is 0.353. The number of thioether (sulfide) groups is 1. The van der Waals surface area contributed by atoms with Crippen LogP contribution in [0.15, 0.2) is 60.7 Å². The van der Waals surface area contributed by atoms with Crippen LogP contribution in [-0.4, -0.2) is 11.7 Å². The lowest BCUT2D eigenvalue weighted by Gasteiger charge is -2.05. The summed E-state index contributed by atoms with van der Waals surface area (Å²) in [6.07, 6.45) is 0. The summed E-state index contributed by atoms with van der Waals surface area (Å²) in [6, 6.07) is 19.8. The first kappa shape index (κ1) is 13.7. The number of hydrogen-bond acceptors (Lipinski definition) is 3. The van der Waals surface area contributed by atoms with Gasteiger partial charge in [0, 0.05) is 5.75 Å². The van der Waals surface area contributed by atoms with Crippen LogP contribution in [0.25, 0.3) is 0 Å². The Balaban J connectivity index is 1.65. The maximum absolute atomic E-state index is 11.6. The normalized spacial score (nSPS) is 10.1. The minimum absolute atomic E-state index is 0.162. The van der Waals surface area contributed by atoms with Gasteiger partial charge >= 0.3 is 5.97 Å². The van der Waals surface area contributed by atoms with Crippen LogP contribution in [-0.2, 0) is 21.9 Å². The molecular weight excluding hydrogens is 256 g/mol. The maximum atomic E-state index is 11.6. The van der Waals surface area contributed by atoms with Crippen LogP contribution in [0.2, 0.25) is 0 Å². The van der Waals surface area contributed by atoms with Crippen LogP contribution in [0, 0.1) is 0 Å². The second-order valence-corrected chi connectivity index (χ2v) is 5.11. The second-order valence-electron chi connectivity index (χ2n) is 4.12. The molecule has 0 aliphatic heterocycles. The molecule has 19 heavy (non-hydrogen) atoms. The molecule has 0 saturated carbocycles. The average Bonchev–Trinajstić information content (AvgIpc) is 2.47. The van der Waals surface area contributed by atoms with Gasteiger partial charge in [-0.3, -0.25) is 4.79 Å². The molecule has 0 unspecified atom stereocenters. The molecule has 0 saturated heterocycles. The Labute approximate surface area is 117 Å². The van der Waals surface area contributed by atoms with E-state index in [-0.39, 0.29) is 5.97 Å². The predicted molar refractivity (Wildman–Crippen MR) is 78.8 cm³/mol. The van der Waals surface area contributed by atoms with Crippen LogP contribution in [0.3, 0.4) is 0 Å². The molecule has 2 aromatic carbocycles. The van der Waals surface area contributed by atoms with Crippen LogP contribution in [0.4, 0.5) is 0 Å². The van der Waals surface area contributed by atoms with Crippen molar-refractivity contribution in [2.45, 2.75) is 12.4 Å². The average molecular weight is 272 g/mol. The summed E-state index contributed by atoms with van der Waals surface area (Å²) >= 11 is 1.58. The highest BCUT2D eigenvalue weighted by atomic mass is 32.2. The fourth-order valence-electron chi connectivity index (χ4n) is 1.61. The summed E-state index contributed by atoms with van der Waals surface area (Å²) in [5.74, 6) is 1.06. The van der Waals surface area contributed by atoms with Crippen molar-refractivity contribution in [3.8, 4) is 0 Å². The first-order valence-corrected chi connectivity index (χ1v) is 7.31. The lowest BCUT2D eigenvalue weighted by Crippen LogP contribution is -2.07. The third-order valence-electron chi connectivity index (χ3n) is 2.57. The van der Waals surface area contributed by atoms with Gasteiger partial charge in [-0.1, -0.05) is 60.7 Å². The number of carbonyl (C=O) groups is 1. The van der Waals surface area contributed by atoms with E-state index in [4.69, 9.17) is 4.74 Å². The highest BCUT2D eigenvalue weighted by molar-refractivity contribution is 7.99. The molecule has 0 amide bonds. The van der Waals surface area contributed by atoms with E-state index in [1.54, 1.807) is 11.8 Å². The zero-order valence-corrected chi connectivity index (χ0v) is 11.4. The molecule has 0 atom stereocenters. The van der Waals surface area contributed by atoms with Gasteiger partial charge in [-0.05, 0) is 11.1 Å². The minimum Gasteiger partial charge on any atom is -0.460 e. The summed E-state index contributed by atoms with van der Waals surface area (Å²) in [5.41, 5.74) is 2.24. The number of esters is 1. The van der Waals surface area contributed by atoms with Crippen LogP contribution >= 0.6 is 11.8 Å². The van der Waals surface area contributed by atoms with Crippen molar-refractivity contribution in [3.05, 3.63) is 71.8 Å². The van der Waals surface area contributed by atoms with Gasteiger partial charge in [-0.2, -0.15) is 0 Å². The fourth-order valence-corrected chi connectivity index (χ4v) is 2.39. The summed E-state index contributed by atoms with van der Waals surface area (Å²) < 4.78 is 5.21. The Morgan fingerprint density at radius 3 is 2.11 bits per heavy atom. The number of carbonyl (C=O) groups excluding carboxylic acids is 1. The Kier molecular flexibility index (Phi) is 5.50. The lowest BCUT2D eigenvalue weighted by atomic mass is 10.2. The summed E-state index contributed by atoms with van der Waals surface area (Å²) in [5, 5.41) is 0. The van der Waals surface area contributed by atoms with Gasteiger partial charge in [0.15, 0.2) is 0 Å². The standard InChI is InChI=1S/C16H16O2S/c17-16(18-11-14-7-3-1-4-8-14)13-19-12-15-9-5-2-6-10-15/h1-10H,11-13H2. The molecule has 98 valence electrons. The van der Waals surface area contributed by atoms with E-state index in [1.165, 1.54) is 5.56 Å². The van der Waals surface area contributed by atoms with Gasteiger partial charge in [0.05, 0.1) is 5.75 Å². The molecule has 0 bridgehead atoms. The van der Waals surface area contributed by atoms with Crippen molar-refractivity contribution in [2.24, 2.45) is 0 Å². The van der Waals surface area contributed by atoms with E-state index in [0.717, 1.165) is 11.3 Å². The van der Waals surface area contributed by atoms with Crippen molar-refractivity contribution in [1.29, 1.82) is 0 Å². The molecule has 0 heterocycles. The molecule has 2 rings (SSSR count). The van der Waals surface area contributed by atoms with Gasteiger partial charge in [-0.15, -0.1) is 11.8 Å². The third-order valence-corrected chi connectivity index (χ3v) is 3.55. The Morgan fingerprint density at radius 1 is 0.895 bits per heavy atom. The number of ether oxygens (including phenoxy) is 1. The van der Waals surface area contributed by atoms with E-state index in [1.807, 2.05) is 48.5 Å². The van der Waals surface area contributed by atoms with Crippen molar-refractivity contribution < 1.29 is 9.53 Å². The largest absolute Gasteiger partial charge is 0.460 e. The van der Waals surface area contributed by atoms with Gasteiger partial charge < -0.3 is 4.74 Å². The first-order valence-electron chi connectivity index (χ1n) is 6.16. The molecule has 2 nitrogen and oxygen atoms in total. The monoisotopic (exact) mass is 272 g/mol. The van der Waals surface area contributed by atoms with Gasteiger partial charge in [0.25, 0.3) is 0 Å². The predicted octanol–water partition coefficient (Wildman–Crippen LogP) is 3.66. The molecule has 0 N–H and O–H groups in total. The molecule has 0 aliphatic carbocycles. The fraction of sp³-hybridized carbons (Fsp3) is 0.188. The molecule has 0 fully saturated rings. The van der Waals surface area contributed by atoms with Crippen molar-refractivity contribution in [2.75, 3.05) is 5.75 Å². The smallest absolute Gasteiger partial charge is 0.316 e. The van der Waals surface area contributed by atoms with E-state index < -0.39 is 0 Å². The molecule has 2 aromatic rings. The molecular formula is C16H16O2S. The number of hydrogen-bond donors (Lipinski definition) is 0. The SMILES string of the molecule is O=C(CSCc1ccccc1)OCc1ccccc1. The van der Waals surface area contributed by atoms with Crippen LogP contribution in [0.1, 0.15) is 11.1 Å². The lowest BCUT2D eigenvalue weighted by molar-refractivity contribution is -0.141. The topological polar surface area (TPSA) is 26.3 Å². The van der Waals surface area contributed by atoms with Crippen molar-refractivity contribution in [3.63, 3.8) is 0 Å². The van der Waals surface area contributed by atoms with Gasteiger partial charge in [0.2, 0.25) is 0 Å². The van der Waals surface area contributed by atoms with Crippen LogP contribution in [0.5, 0.6) is 0 Å². The van der Waals surface area contributed by atoms with E-state index in [2.05, 4.69) is 12.1 Å². The van der Waals surface area contributed by atoms with Crippen LogP contribution < -0.4 is 0 Å². The minimum atomic E-state index is -0.162. The molecule has 0 aliphatic rings. The van der Waals surface area contributed by atoms with Gasteiger partial charge in [0.1, 0.15) is 6.61 Å². The Bertz CT molecular complexity index is 497. The highest BCUT2D eigenvalue weighted by Crippen LogP contribution is 2.12. The zero-order chi connectivity index (χ0) is 13.3.